The Hall–Kier alpha value is -5.99. The zero-order valence-corrected chi connectivity index (χ0v) is 24.4. The van der Waals surface area contributed by atoms with Gasteiger partial charge in [-0.25, -0.2) is 4.98 Å². The fourth-order valence-corrected chi connectivity index (χ4v) is 6.81. The molecule has 0 atom stereocenters. The summed E-state index contributed by atoms with van der Waals surface area (Å²) in [6.45, 7) is 0. The first kappa shape index (κ1) is 25.5. The monoisotopic (exact) mass is 573 g/mol. The minimum atomic E-state index is 0.637. The fraction of sp³-hybridized carbons (Fsp3) is 0. The van der Waals surface area contributed by atoms with E-state index >= 15 is 0 Å². The average Bonchev–Trinajstić information content (AvgIpc) is 3.55. The molecule has 0 amide bonds. The molecule has 9 rings (SSSR count). The molecule has 2 heteroatoms. The molecule has 0 aliphatic carbocycles. The van der Waals surface area contributed by atoms with E-state index < -0.39 is 0 Å². The van der Waals surface area contributed by atoms with Crippen molar-refractivity contribution in [3.63, 3.8) is 0 Å². The van der Waals surface area contributed by atoms with E-state index in [4.69, 9.17) is 9.40 Å². The third-order valence-corrected chi connectivity index (χ3v) is 8.90. The summed E-state index contributed by atoms with van der Waals surface area (Å²) in [6, 6.07) is 58.3. The summed E-state index contributed by atoms with van der Waals surface area (Å²) < 4.78 is 6.07. The average molecular weight is 574 g/mol. The normalized spacial score (nSPS) is 11.6. The second kappa shape index (κ2) is 10.3. The highest BCUT2D eigenvalue weighted by atomic mass is 16.3. The van der Waals surface area contributed by atoms with Crippen molar-refractivity contribution in [1.29, 1.82) is 0 Å². The Morgan fingerprint density at radius 3 is 1.62 bits per heavy atom. The summed E-state index contributed by atoms with van der Waals surface area (Å²) in [7, 11) is 0. The van der Waals surface area contributed by atoms with Crippen LogP contribution in [0.15, 0.2) is 168 Å². The largest absolute Gasteiger partial charge is 0.436 e. The number of oxazole rings is 1. The molecule has 0 fully saturated rings. The Morgan fingerprint density at radius 2 is 0.911 bits per heavy atom. The maximum absolute atomic E-state index is 6.07. The minimum absolute atomic E-state index is 0.637. The minimum Gasteiger partial charge on any atom is -0.436 e. The smallest absolute Gasteiger partial charge is 0.227 e. The zero-order valence-electron chi connectivity index (χ0n) is 24.4. The summed E-state index contributed by atoms with van der Waals surface area (Å²) in [6.07, 6.45) is 0. The van der Waals surface area contributed by atoms with Crippen molar-refractivity contribution in [2.24, 2.45) is 0 Å². The molecule has 8 aromatic carbocycles. The van der Waals surface area contributed by atoms with E-state index in [1.807, 2.05) is 24.3 Å². The summed E-state index contributed by atoms with van der Waals surface area (Å²) in [4.78, 5) is 4.71. The van der Waals surface area contributed by atoms with Crippen LogP contribution in [-0.4, -0.2) is 4.98 Å². The van der Waals surface area contributed by atoms with Gasteiger partial charge >= 0.3 is 0 Å². The number of fused-ring (bicyclic) bond motifs is 4. The molecule has 0 spiro atoms. The van der Waals surface area contributed by atoms with Gasteiger partial charge < -0.3 is 4.42 Å². The number of hydrogen-bond acceptors (Lipinski definition) is 2. The zero-order chi connectivity index (χ0) is 29.7. The van der Waals surface area contributed by atoms with Crippen LogP contribution in [0.4, 0.5) is 0 Å². The number of hydrogen-bond donors (Lipinski definition) is 0. The molecule has 0 aliphatic heterocycles. The maximum Gasteiger partial charge on any atom is 0.227 e. The van der Waals surface area contributed by atoms with Crippen LogP contribution in [0.2, 0.25) is 0 Å². The van der Waals surface area contributed by atoms with Crippen LogP contribution in [0, 0.1) is 0 Å². The Balaban J connectivity index is 1.26. The molecule has 9 aromatic rings. The van der Waals surface area contributed by atoms with E-state index in [0.29, 0.717) is 5.89 Å². The lowest BCUT2D eigenvalue weighted by Gasteiger charge is -2.20. The summed E-state index contributed by atoms with van der Waals surface area (Å²) in [5, 5.41) is 7.44. The van der Waals surface area contributed by atoms with Crippen LogP contribution < -0.4 is 0 Å². The molecule has 0 bridgehead atoms. The highest BCUT2D eigenvalue weighted by molar-refractivity contribution is 6.22. The van der Waals surface area contributed by atoms with Gasteiger partial charge in [-0.1, -0.05) is 133 Å². The van der Waals surface area contributed by atoms with Crippen LogP contribution >= 0.6 is 0 Å². The van der Waals surface area contributed by atoms with Crippen molar-refractivity contribution in [2.45, 2.75) is 0 Å². The van der Waals surface area contributed by atoms with Crippen molar-refractivity contribution >= 4 is 43.4 Å². The predicted molar refractivity (Wildman–Crippen MR) is 188 cm³/mol. The van der Waals surface area contributed by atoms with Crippen molar-refractivity contribution in [2.75, 3.05) is 0 Å². The Labute approximate surface area is 260 Å². The SMILES string of the molecule is c1ccc(-c2c3ccccc3c(-c3ccc(-c4nc5ccccc5o4)cc3)c3ccccc23)c(-c2ccc3ccccc3c2)c1. The summed E-state index contributed by atoms with van der Waals surface area (Å²) in [5.74, 6) is 0.637. The van der Waals surface area contributed by atoms with Gasteiger partial charge in [0.15, 0.2) is 5.58 Å². The first-order valence-electron chi connectivity index (χ1n) is 15.3. The predicted octanol–water partition coefficient (Wildman–Crippen LogP) is 12.0. The third-order valence-electron chi connectivity index (χ3n) is 8.90. The van der Waals surface area contributed by atoms with Gasteiger partial charge in [-0.15, -0.1) is 0 Å². The van der Waals surface area contributed by atoms with E-state index in [1.54, 1.807) is 0 Å². The lowest BCUT2D eigenvalue weighted by molar-refractivity contribution is 0.620. The van der Waals surface area contributed by atoms with Crippen molar-refractivity contribution in [3.8, 4) is 44.8 Å². The molecule has 1 heterocycles. The van der Waals surface area contributed by atoms with E-state index in [9.17, 15) is 0 Å². The summed E-state index contributed by atoms with van der Waals surface area (Å²) >= 11 is 0. The van der Waals surface area contributed by atoms with E-state index in [-0.39, 0.29) is 0 Å². The quantitative estimate of drug-likeness (QED) is 0.196. The lowest BCUT2D eigenvalue weighted by Crippen LogP contribution is -1.92. The van der Waals surface area contributed by atoms with Gasteiger partial charge in [0.25, 0.3) is 0 Å². The van der Waals surface area contributed by atoms with Gasteiger partial charge in [-0.3, -0.25) is 0 Å². The molecular weight excluding hydrogens is 546 g/mol. The van der Waals surface area contributed by atoms with E-state index in [1.165, 1.54) is 60.1 Å². The second-order valence-electron chi connectivity index (χ2n) is 11.5. The first-order valence-corrected chi connectivity index (χ1v) is 15.3. The molecule has 210 valence electrons. The highest BCUT2D eigenvalue weighted by Gasteiger charge is 2.19. The van der Waals surface area contributed by atoms with Crippen LogP contribution in [0.3, 0.4) is 0 Å². The Kier molecular flexibility index (Phi) is 5.85. The number of aromatic nitrogens is 1. The topological polar surface area (TPSA) is 26.0 Å². The van der Waals surface area contributed by atoms with Crippen LogP contribution in [0.25, 0.3) is 88.3 Å². The molecule has 0 N–H and O–H groups in total. The standard InChI is InChI=1S/C43H27NO/c1-2-12-31-27-32(26-21-28(31)11-1)33-13-3-4-14-34(33)42-37-17-7-5-15-35(37)41(36-16-6-8-18-38(36)42)29-22-24-30(25-23-29)43-44-39-19-9-10-20-40(39)45-43/h1-27H. The number of benzene rings is 8. The molecule has 0 saturated heterocycles. The lowest BCUT2D eigenvalue weighted by atomic mass is 9.83. The first-order chi connectivity index (χ1) is 22.3. The van der Waals surface area contributed by atoms with E-state index in [0.717, 1.165) is 22.2 Å². The van der Waals surface area contributed by atoms with Crippen molar-refractivity contribution < 1.29 is 4.42 Å². The van der Waals surface area contributed by atoms with Crippen LogP contribution in [0.1, 0.15) is 0 Å². The van der Waals surface area contributed by atoms with Gasteiger partial charge in [0.05, 0.1) is 0 Å². The summed E-state index contributed by atoms with van der Waals surface area (Å²) in [5.41, 5.74) is 9.97. The molecule has 1 aromatic heterocycles. The molecule has 0 aliphatic rings. The Morgan fingerprint density at radius 1 is 0.378 bits per heavy atom. The maximum atomic E-state index is 6.07. The van der Waals surface area contributed by atoms with Gasteiger partial charge in [0, 0.05) is 5.56 Å². The molecule has 2 nitrogen and oxygen atoms in total. The van der Waals surface area contributed by atoms with E-state index in [2.05, 4.69) is 140 Å². The van der Waals surface area contributed by atoms with Crippen LogP contribution in [-0.2, 0) is 0 Å². The number of rotatable bonds is 4. The van der Waals surface area contributed by atoms with Gasteiger partial charge in [-0.2, -0.15) is 0 Å². The van der Waals surface area contributed by atoms with Crippen molar-refractivity contribution in [3.05, 3.63) is 164 Å². The molecular formula is C43H27NO. The molecule has 0 unspecified atom stereocenters. The van der Waals surface area contributed by atoms with Gasteiger partial charge in [0.1, 0.15) is 5.52 Å². The Bertz CT molecular complexity index is 2450. The molecule has 45 heavy (non-hydrogen) atoms. The molecule has 0 radical (unpaired) electrons. The molecule has 0 saturated carbocycles. The second-order valence-corrected chi connectivity index (χ2v) is 11.5. The fourth-order valence-electron chi connectivity index (χ4n) is 6.81. The van der Waals surface area contributed by atoms with Crippen LogP contribution in [0.5, 0.6) is 0 Å². The van der Waals surface area contributed by atoms with Crippen molar-refractivity contribution in [1.82, 2.24) is 4.98 Å². The third kappa shape index (κ3) is 4.22. The van der Waals surface area contributed by atoms with Gasteiger partial charge in [-0.05, 0) is 96.0 Å². The highest BCUT2D eigenvalue weighted by Crippen LogP contribution is 2.46. The number of para-hydroxylation sites is 2. The number of nitrogens with zero attached hydrogens (tertiary/aromatic N) is 1. The van der Waals surface area contributed by atoms with Gasteiger partial charge in [0.2, 0.25) is 5.89 Å².